The Hall–Kier alpha value is -3.86. The van der Waals surface area contributed by atoms with E-state index in [1.165, 1.54) is 25.3 Å². The maximum absolute atomic E-state index is 11.8. The highest BCUT2D eigenvalue weighted by Crippen LogP contribution is 2.30. The van der Waals surface area contributed by atoms with Crippen molar-refractivity contribution < 1.29 is 23.9 Å². The molecule has 0 saturated heterocycles. The summed E-state index contributed by atoms with van der Waals surface area (Å²) in [5.74, 6) is 0.165. The van der Waals surface area contributed by atoms with Crippen LogP contribution in [-0.4, -0.2) is 24.6 Å². The van der Waals surface area contributed by atoms with Crippen molar-refractivity contribution in [2.24, 2.45) is 0 Å². The van der Waals surface area contributed by atoms with Crippen LogP contribution in [0, 0.1) is 21.4 Å². The van der Waals surface area contributed by atoms with Gasteiger partial charge in [-0.05, 0) is 48.4 Å². The van der Waals surface area contributed by atoms with Gasteiger partial charge in [-0.25, -0.2) is 4.79 Å². The molecular formula is C20H18N2O6. The highest BCUT2D eigenvalue weighted by atomic mass is 16.6. The second-order valence-electron chi connectivity index (χ2n) is 5.51. The Kier molecular flexibility index (Phi) is 7.11. The van der Waals surface area contributed by atoms with Gasteiger partial charge in [0.05, 0.1) is 18.6 Å². The molecule has 8 heteroatoms. The smallest absolute Gasteiger partial charge is 0.348 e. The van der Waals surface area contributed by atoms with E-state index in [0.717, 1.165) is 5.56 Å². The van der Waals surface area contributed by atoms with Crippen molar-refractivity contribution in [1.29, 1.82) is 5.26 Å². The summed E-state index contributed by atoms with van der Waals surface area (Å²) in [7, 11) is 1.49. The van der Waals surface area contributed by atoms with Gasteiger partial charge in [0.25, 0.3) is 5.69 Å². The summed E-state index contributed by atoms with van der Waals surface area (Å²) in [5.41, 5.74) is 1.16. The zero-order valence-corrected chi connectivity index (χ0v) is 15.4. The average Bonchev–Trinajstić information content (AvgIpc) is 2.70. The first-order valence-corrected chi connectivity index (χ1v) is 8.31. The summed E-state index contributed by atoms with van der Waals surface area (Å²) in [6.45, 7) is 1.99. The summed E-state index contributed by atoms with van der Waals surface area (Å²) in [6.07, 6.45) is 1.40. The van der Waals surface area contributed by atoms with Crippen molar-refractivity contribution in [1.82, 2.24) is 0 Å². The lowest BCUT2D eigenvalue weighted by Crippen LogP contribution is -2.06. The summed E-state index contributed by atoms with van der Waals surface area (Å²) in [6, 6.07) is 12.8. The molecule has 2 aromatic carbocycles. The Morgan fingerprint density at radius 1 is 1.21 bits per heavy atom. The Bertz CT molecular complexity index is 929. The summed E-state index contributed by atoms with van der Waals surface area (Å²) in [4.78, 5) is 22.0. The number of ether oxygens (including phenoxy) is 3. The van der Waals surface area contributed by atoms with Crippen molar-refractivity contribution in [3.63, 3.8) is 0 Å². The van der Waals surface area contributed by atoms with Gasteiger partial charge in [-0.15, -0.1) is 0 Å². The number of hydrogen-bond acceptors (Lipinski definition) is 7. The van der Waals surface area contributed by atoms with Crippen LogP contribution in [0.1, 0.15) is 18.1 Å². The van der Waals surface area contributed by atoms with Crippen molar-refractivity contribution in [3.8, 4) is 17.6 Å². The van der Waals surface area contributed by atoms with E-state index >= 15 is 0 Å². The van der Waals surface area contributed by atoms with Crippen LogP contribution < -0.4 is 9.47 Å². The number of hydrogen-bond donors (Lipinski definition) is 0. The zero-order chi connectivity index (χ0) is 20.5. The van der Waals surface area contributed by atoms with E-state index in [9.17, 15) is 14.9 Å². The molecular weight excluding hydrogens is 364 g/mol. The fourth-order valence-electron chi connectivity index (χ4n) is 2.28. The molecule has 0 aliphatic carbocycles. The molecule has 144 valence electrons. The van der Waals surface area contributed by atoms with Crippen LogP contribution in [0.3, 0.4) is 0 Å². The van der Waals surface area contributed by atoms with E-state index < -0.39 is 10.9 Å². The normalized spacial score (nSPS) is 10.7. The van der Waals surface area contributed by atoms with Crippen LogP contribution in [0.4, 0.5) is 5.69 Å². The third kappa shape index (κ3) is 5.32. The monoisotopic (exact) mass is 382 g/mol. The first-order valence-electron chi connectivity index (χ1n) is 8.31. The molecule has 0 radical (unpaired) electrons. The predicted octanol–water partition coefficient (Wildman–Crippen LogP) is 3.65. The third-order valence-corrected chi connectivity index (χ3v) is 3.66. The highest BCUT2D eigenvalue weighted by molar-refractivity contribution is 5.97. The lowest BCUT2D eigenvalue weighted by molar-refractivity contribution is -0.384. The topological polar surface area (TPSA) is 112 Å². The van der Waals surface area contributed by atoms with E-state index in [0.29, 0.717) is 17.1 Å². The molecule has 0 spiro atoms. The molecule has 2 rings (SSSR count). The van der Waals surface area contributed by atoms with Crippen molar-refractivity contribution >= 4 is 17.7 Å². The molecule has 0 fully saturated rings. The quantitative estimate of drug-likeness (QED) is 0.225. The Morgan fingerprint density at radius 3 is 2.50 bits per heavy atom. The van der Waals surface area contributed by atoms with Crippen molar-refractivity contribution in [2.45, 2.75) is 13.5 Å². The number of carbonyl (C=O) groups excluding carboxylic acids is 1. The number of nitrogens with zero attached hydrogens (tertiary/aromatic N) is 2. The lowest BCUT2D eigenvalue weighted by Gasteiger charge is -2.11. The van der Waals surface area contributed by atoms with Crippen LogP contribution in [-0.2, 0) is 16.1 Å². The van der Waals surface area contributed by atoms with Gasteiger partial charge in [-0.1, -0.05) is 6.07 Å². The number of nitro groups is 1. The molecule has 8 nitrogen and oxygen atoms in total. The van der Waals surface area contributed by atoms with Gasteiger partial charge in [-0.3, -0.25) is 10.1 Å². The minimum absolute atomic E-state index is 0.00327. The van der Waals surface area contributed by atoms with Crippen LogP contribution >= 0.6 is 0 Å². The lowest BCUT2D eigenvalue weighted by atomic mass is 10.1. The van der Waals surface area contributed by atoms with Crippen LogP contribution in [0.2, 0.25) is 0 Å². The van der Waals surface area contributed by atoms with Gasteiger partial charge in [0.15, 0.2) is 11.5 Å². The fourth-order valence-corrected chi connectivity index (χ4v) is 2.28. The van der Waals surface area contributed by atoms with Crippen LogP contribution in [0.5, 0.6) is 11.5 Å². The fraction of sp³-hybridized carbons (Fsp3) is 0.200. The van der Waals surface area contributed by atoms with Gasteiger partial charge in [0.2, 0.25) is 0 Å². The second kappa shape index (κ2) is 9.73. The maximum atomic E-state index is 11.8. The van der Waals surface area contributed by atoms with Crippen molar-refractivity contribution in [3.05, 3.63) is 69.3 Å². The molecule has 0 atom stereocenters. The van der Waals surface area contributed by atoms with Gasteiger partial charge >= 0.3 is 5.97 Å². The average molecular weight is 382 g/mol. The van der Waals surface area contributed by atoms with E-state index in [4.69, 9.17) is 19.5 Å². The summed E-state index contributed by atoms with van der Waals surface area (Å²) in [5, 5.41) is 19.9. The molecule has 0 aromatic heterocycles. The van der Waals surface area contributed by atoms with Crippen LogP contribution in [0.15, 0.2) is 48.0 Å². The molecule has 0 N–H and O–H groups in total. The zero-order valence-electron chi connectivity index (χ0n) is 15.4. The molecule has 0 amide bonds. The second-order valence-corrected chi connectivity index (χ2v) is 5.51. The van der Waals surface area contributed by atoms with Gasteiger partial charge in [0, 0.05) is 12.1 Å². The van der Waals surface area contributed by atoms with Crippen molar-refractivity contribution in [2.75, 3.05) is 13.7 Å². The number of rotatable bonds is 8. The number of carbonyl (C=O) groups is 1. The largest absolute Gasteiger partial charge is 0.493 e. The molecule has 0 aliphatic rings. The molecule has 0 bridgehead atoms. The van der Waals surface area contributed by atoms with E-state index in [1.807, 2.05) is 6.07 Å². The molecule has 0 aliphatic heterocycles. The van der Waals surface area contributed by atoms with E-state index in [2.05, 4.69) is 0 Å². The number of benzene rings is 2. The van der Waals surface area contributed by atoms with Gasteiger partial charge < -0.3 is 14.2 Å². The number of non-ortho nitro benzene ring substituents is 1. The Balaban J connectivity index is 2.21. The molecule has 0 heterocycles. The summed E-state index contributed by atoms with van der Waals surface area (Å²) >= 11 is 0. The predicted molar refractivity (Wildman–Crippen MR) is 101 cm³/mol. The van der Waals surface area contributed by atoms with Gasteiger partial charge in [-0.2, -0.15) is 5.26 Å². The third-order valence-electron chi connectivity index (χ3n) is 3.66. The highest BCUT2D eigenvalue weighted by Gasteiger charge is 2.12. The first kappa shape index (κ1) is 20.5. The first-order chi connectivity index (χ1) is 13.5. The molecule has 28 heavy (non-hydrogen) atoms. The van der Waals surface area contributed by atoms with E-state index in [-0.39, 0.29) is 24.5 Å². The minimum atomic E-state index is -0.700. The Labute approximate surface area is 161 Å². The molecule has 0 unspecified atom stereocenters. The maximum Gasteiger partial charge on any atom is 0.348 e. The number of methoxy groups -OCH3 is 1. The number of nitriles is 1. The van der Waals surface area contributed by atoms with Crippen LogP contribution in [0.25, 0.3) is 6.08 Å². The van der Waals surface area contributed by atoms with E-state index in [1.54, 1.807) is 37.3 Å². The number of esters is 1. The molecule has 0 saturated carbocycles. The van der Waals surface area contributed by atoms with Gasteiger partial charge in [0.1, 0.15) is 18.2 Å². The number of nitro benzene ring substituents is 1. The molecule has 2 aromatic rings. The SMILES string of the molecule is CCOC(=O)/C(C#N)=C/c1ccc(OC)c(OCc2ccc([N+](=O)[O-])cc2)c1. The minimum Gasteiger partial charge on any atom is -0.493 e. The summed E-state index contributed by atoms with van der Waals surface area (Å²) < 4.78 is 15.9. The standard InChI is InChI=1S/C20H18N2O6/c1-3-27-20(23)16(12-21)10-15-6-9-18(26-2)19(11-15)28-13-14-4-7-17(8-5-14)22(24)25/h4-11H,3,13H2,1-2H3/b16-10+. The Morgan fingerprint density at radius 2 is 1.93 bits per heavy atom.